The third-order valence-electron chi connectivity index (χ3n) is 1.65. The molecule has 3 nitrogen and oxygen atoms in total. The van der Waals surface area contributed by atoms with Crippen molar-refractivity contribution in [3.05, 3.63) is 0 Å². The summed E-state index contributed by atoms with van der Waals surface area (Å²) in [6, 6.07) is 0.671. The lowest BCUT2D eigenvalue weighted by Gasteiger charge is -1.97. The maximum atomic E-state index is 4.11. The maximum Gasteiger partial charge on any atom is 0.206 e. The molecule has 0 aliphatic heterocycles. The first-order valence-corrected chi connectivity index (χ1v) is 6.20. The van der Waals surface area contributed by atoms with Gasteiger partial charge in [-0.05, 0) is 12.8 Å². The van der Waals surface area contributed by atoms with Gasteiger partial charge in [0.05, 0.1) is 0 Å². The Hall–Kier alpha value is -0.290. The minimum absolute atomic E-state index is 0.585. The zero-order valence-electron chi connectivity index (χ0n) is 7.78. The summed E-state index contributed by atoms with van der Waals surface area (Å²) < 4.78 is 1.07. The standard InChI is InChI=1S/C8H13N3S2/c1-5(2)12-8-11-10-7(13-8)9-6-3-4-6/h5-6H,3-4H2,1-2H3,(H,9,10). The van der Waals surface area contributed by atoms with E-state index in [0.717, 1.165) is 9.47 Å². The molecule has 1 heterocycles. The van der Waals surface area contributed by atoms with Crippen LogP contribution in [0.25, 0.3) is 0 Å². The van der Waals surface area contributed by atoms with E-state index in [1.165, 1.54) is 12.8 Å². The average Bonchev–Trinajstić information content (AvgIpc) is 2.73. The van der Waals surface area contributed by atoms with E-state index in [4.69, 9.17) is 0 Å². The summed E-state index contributed by atoms with van der Waals surface area (Å²) >= 11 is 3.43. The van der Waals surface area contributed by atoms with Crippen LogP contribution in [-0.4, -0.2) is 21.5 Å². The van der Waals surface area contributed by atoms with Gasteiger partial charge in [-0.1, -0.05) is 36.9 Å². The molecule has 1 aromatic rings. The monoisotopic (exact) mass is 215 g/mol. The summed E-state index contributed by atoms with van der Waals surface area (Å²) in [6.07, 6.45) is 2.57. The van der Waals surface area contributed by atoms with Crippen LogP contribution >= 0.6 is 23.1 Å². The fraction of sp³-hybridized carbons (Fsp3) is 0.750. The van der Waals surface area contributed by atoms with Crippen molar-refractivity contribution in [3.8, 4) is 0 Å². The molecule has 1 aromatic heterocycles. The zero-order valence-corrected chi connectivity index (χ0v) is 9.41. The van der Waals surface area contributed by atoms with Crippen LogP contribution in [-0.2, 0) is 0 Å². The fourth-order valence-electron chi connectivity index (χ4n) is 0.920. The fourth-order valence-corrected chi connectivity index (χ4v) is 2.97. The molecule has 0 atom stereocenters. The van der Waals surface area contributed by atoms with Crippen LogP contribution in [0.15, 0.2) is 4.34 Å². The van der Waals surface area contributed by atoms with Crippen LogP contribution in [0.2, 0.25) is 0 Å². The molecular formula is C8H13N3S2. The largest absolute Gasteiger partial charge is 0.357 e. The molecule has 0 unspecified atom stereocenters. The van der Waals surface area contributed by atoms with Gasteiger partial charge in [-0.25, -0.2) is 0 Å². The molecule has 1 aliphatic rings. The topological polar surface area (TPSA) is 37.8 Å². The molecule has 0 spiro atoms. The Balaban J connectivity index is 1.91. The number of nitrogens with one attached hydrogen (secondary N) is 1. The van der Waals surface area contributed by atoms with E-state index in [-0.39, 0.29) is 0 Å². The molecule has 1 fully saturated rings. The summed E-state index contributed by atoms with van der Waals surface area (Å²) in [7, 11) is 0. The minimum Gasteiger partial charge on any atom is -0.357 e. The van der Waals surface area contributed by atoms with Gasteiger partial charge in [0.1, 0.15) is 0 Å². The van der Waals surface area contributed by atoms with Gasteiger partial charge in [-0.15, -0.1) is 10.2 Å². The predicted octanol–water partition coefficient (Wildman–Crippen LogP) is 2.61. The van der Waals surface area contributed by atoms with E-state index in [1.807, 2.05) is 0 Å². The zero-order chi connectivity index (χ0) is 9.26. The quantitative estimate of drug-likeness (QED) is 0.783. The smallest absolute Gasteiger partial charge is 0.206 e. The van der Waals surface area contributed by atoms with Crippen LogP contribution in [0.3, 0.4) is 0 Å². The van der Waals surface area contributed by atoms with Gasteiger partial charge in [0.2, 0.25) is 5.13 Å². The Kier molecular flexibility index (Phi) is 2.74. The highest BCUT2D eigenvalue weighted by Crippen LogP contribution is 2.31. The van der Waals surface area contributed by atoms with E-state index in [2.05, 4.69) is 29.4 Å². The summed E-state index contributed by atoms with van der Waals surface area (Å²) in [5.74, 6) is 0. The lowest BCUT2D eigenvalue weighted by Crippen LogP contribution is -1.99. The summed E-state index contributed by atoms with van der Waals surface area (Å²) in [5, 5.41) is 13.1. The van der Waals surface area contributed by atoms with Crippen LogP contribution in [0.1, 0.15) is 26.7 Å². The number of anilines is 1. The Labute approximate surface area is 86.3 Å². The van der Waals surface area contributed by atoms with Crippen LogP contribution in [0.4, 0.5) is 5.13 Å². The number of aromatic nitrogens is 2. The molecule has 0 bridgehead atoms. The highest BCUT2D eigenvalue weighted by molar-refractivity contribution is 8.01. The van der Waals surface area contributed by atoms with Crippen molar-refractivity contribution in [3.63, 3.8) is 0 Å². The summed E-state index contributed by atoms with van der Waals surface area (Å²) in [5.41, 5.74) is 0. The van der Waals surface area contributed by atoms with Gasteiger partial charge in [0.25, 0.3) is 0 Å². The number of rotatable bonds is 4. The van der Waals surface area contributed by atoms with Gasteiger partial charge in [-0.2, -0.15) is 0 Å². The molecule has 2 rings (SSSR count). The Morgan fingerprint density at radius 3 is 2.85 bits per heavy atom. The van der Waals surface area contributed by atoms with Crippen molar-refractivity contribution in [1.82, 2.24) is 10.2 Å². The molecule has 1 N–H and O–H groups in total. The van der Waals surface area contributed by atoms with Gasteiger partial charge >= 0.3 is 0 Å². The molecule has 0 radical (unpaired) electrons. The van der Waals surface area contributed by atoms with Crippen molar-refractivity contribution in [2.45, 2.75) is 42.3 Å². The van der Waals surface area contributed by atoms with E-state index in [1.54, 1.807) is 23.1 Å². The van der Waals surface area contributed by atoms with E-state index < -0.39 is 0 Å². The van der Waals surface area contributed by atoms with Gasteiger partial charge in [0, 0.05) is 11.3 Å². The second-order valence-electron chi connectivity index (χ2n) is 3.46. The number of thioether (sulfide) groups is 1. The second kappa shape index (κ2) is 3.84. The number of hydrogen-bond acceptors (Lipinski definition) is 5. The summed E-state index contributed by atoms with van der Waals surface area (Å²) in [4.78, 5) is 0. The lowest BCUT2D eigenvalue weighted by molar-refractivity contribution is 0.987. The van der Waals surface area contributed by atoms with Crippen molar-refractivity contribution in [1.29, 1.82) is 0 Å². The Bertz CT molecular complexity index is 262. The molecule has 0 aromatic carbocycles. The molecule has 13 heavy (non-hydrogen) atoms. The third-order valence-corrected chi connectivity index (χ3v) is 3.59. The van der Waals surface area contributed by atoms with Crippen LogP contribution in [0.5, 0.6) is 0 Å². The van der Waals surface area contributed by atoms with E-state index >= 15 is 0 Å². The lowest BCUT2D eigenvalue weighted by atomic mass is 10.6. The first-order chi connectivity index (χ1) is 6.24. The van der Waals surface area contributed by atoms with Gasteiger partial charge in [0.15, 0.2) is 4.34 Å². The minimum atomic E-state index is 0.585. The number of nitrogens with zero attached hydrogens (tertiary/aromatic N) is 2. The van der Waals surface area contributed by atoms with Crippen molar-refractivity contribution < 1.29 is 0 Å². The van der Waals surface area contributed by atoms with Crippen molar-refractivity contribution in [2.24, 2.45) is 0 Å². The van der Waals surface area contributed by atoms with E-state index in [9.17, 15) is 0 Å². The van der Waals surface area contributed by atoms with Crippen LogP contribution < -0.4 is 5.32 Å². The molecule has 0 saturated heterocycles. The second-order valence-corrected chi connectivity index (χ2v) is 6.26. The Morgan fingerprint density at radius 1 is 1.46 bits per heavy atom. The van der Waals surface area contributed by atoms with Gasteiger partial charge in [-0.3, -0.25) is 0 Å². The van der Waals surface area contributed by atoms with Crippen LogP contribution in [0, 0.1) is 0 Å². The Morgan fingerprint density at radius 2 is 2.23 bits per heavy atom. The SMILES string of the molecule is CC(C)Sc1nnc(NC2CC2)s1. The van der Waals surface area contributed by atoms with Crippen molar-refractivity contribution in [2.75, 3.05) is 5.32 Å². The number of hydrogen-bond donors (Lipinski definition) is 1. The average molecular weight is 215 g/mol. The molecular weight excluding hydrogens is 202 g/mol. The first-order valence-electron chi connectivity index (χ1n) is 4.51. The van der Waals surface area contributed by atoms with Crippen molar-refractivity contribution >= 4 is 28.2 Å². The first kappa shape index (κ1) is 9.27. The normalized spacial score (nSPS) is 16.5. The highest BCUT2D eigenvalue weighted by atomic mass is 32.2. The predicted molar refractivity (Wildman–Crippen MR) is 57.5 cm³/mol. The molecule has 72 valence electrons. The summed E-state index contributed by atoms with van der Waals surface area (Å²) in [6.45, 7) is 4.33. The maximum absolute atomic E-state index is 4.11. The molecule has 5 heteroatoms. The van der Waals surface area contributed by atoms with E-state index in [0.29, 0.717) is 11.3 Å². The van der Waals surface area contributed by atoms with Gasteiger partial charge < -0.3 is 5.32 Å². The third kappa shape index (κ3) is 2.84. The highest BCUT2D eigenvalue weighted by Gasteiger charge is 2.22. The molecule has 1 saturated carbocycles. The molecule has 0 amide bonds. The molecule has 1 aliphatic carbocycles.